The first-order chi connectivity index (χ1) is 6.61. The van der Waals surface area contributed by atoms with E-state index in [9.17, 15) is 13.6 Å². The molecule has 1 aromatic carbocycles. The monoisotopic (exact) mass is 262 g/mol. The van der Waals surface area contributed by atoms with E-state index in [-0.39, 0.29) is 34.6 Å². The Balaban J connectivity index is 2.72. The van der Waals surface area contributed by atoms with Gasteiger partial charge in [0.1, 0.15) is 17.4 Å². The molecular formula is C9H5BrF2O2. The number of hydrogen-bond acceptors (Lipinski definition) is 2. The van der Waals surface area contributed by atoms with Crippen molar-refractivity contribution in [2.75, 3.05) is 6.61 Å². The Kier molecular flexibility index (Phi) is 2.26. The number of rotatable bonds is 0. The highest BCUT2D eigenvalue weighted by Crippen LogP contribution is 2.36. The van der Waals surface area contributed by atoms with Crippen LogP contribution in [0.3, 0.4) is 0 Å². The summed E-state index contributed by atoms with van der Waals surface area (Å²) in [5.74, 6) is -2.02. The van der Waals surface area contributed by atoms with Crippen LogP contribution in [0.2, 0.25) is 0 Å². The fraction of sp³-hybridized carbons (Fsp3) is 0.222. The average Bonchev–Trinajstić information content (AvgIpc) is 2.14. The lowest BCUT2D eigenvalue weighted by atomic mass is 10.0. The van der Waals surface area contributed by atoms with Gasteiger partial charge in [-0.3, -0.25) is 4.79 Å². The van der Waals surface area contributed by atoms with Crippen molar-refractivity contribution in [3.63, 3.8) is 0 Å². The molecule has 14 heavy (non-hydrogen) atoms. The molecule has 2 rings (SSSR count). The van der Waals surface area contributed by atoms with E-state index in [1.54, 1.807) is 0 Å². The lowest BCUT2D eigenvalue weighted by molar-refractivity contribution is 0.0926. The highest BCUT2D eigenvalue weighted by atomic mass is 79.9. The average molecular weight is 263 g/mol. The van der Waals surface area contributed by atoms with Crippen LogP contribution in [-0.2, 0) is 0 Å². The van der Waals surface area contributed by atoms with Gasteiger partial charge in [-0.2, -0.15) is 0 Å². The Morgan fingerprint density at radius 3 is 2.79 bits per heavy atom. The number of ether oxygens (including phenoxy) is 1. The van der Waals surface area contributed by atoms with E-state index in [2.05, 4.69) is 15.9 Å². The van der Waals surface area contributed by atoms with E-state index < -0.39 is 11.6 Å². The van der Waals surface area contributed by atoms with Gasteiger partial charge in [0.2, 0.25) is 0 Å². The summed E-state index contributed by atoms with van der Waals surface area (Å²) < 4.78 is 31.3. The van der Waals surface area contributed by atoms with Crippen LogP contribution in [0.4, 0.5) is 8.78 Å². The van der Waals surface area contributed by atoms with Crippen LogP contribution in [0.5, 0.6) is 5.75 Å². The molecule has 1 heterocycles. The summed E-state index contributed by atoms with van der Waals surface area (Å²) in [6.45, 7) is 0.160. The number of benzene rings is 1. The van der Waals surface area contributed by atoms with E-state index in [4.69, 9.17) is 4.74 Å². The van der Waals surface area contributed by atoms with Gasteiger partial charge in [0.25, 0.3) is 0 Å². The Morgan fingerprint density at radius 1 is 1.36 bits per heavy atom. The van der Waals surface area contributed by atoms with Crippen LogP contribution in [0, 0.1) is 11.6 Å². The topological polar surface area (TPSA) is 26.3 Å². The molecule has 1 aliphatic rings. The molecule has 0 atom stereocenters. The molecule has 74 valence electrons. The van der Waals surface area contributed by atoms with Crippen molar-refractivity contribution in [2.45, 2.75) is 6.42 Å². The zero-order chi connectivity index (χ0) is 10.3. The quantitative estimate of drug-likeness (QED) is 0.672. The second-order valence-corrected chi connectivity index (χ2v) is 3.67. The van der Waals surface area contributed by atoms with Crippen LogP contribution in [0.25, 0.3) is 0 Å². The third-order valence-corrected chi connectivity index (χ3v) is 2.72. The lowest BCUT2D eigenvalue weighted by Crippen LogP contribution is -2.18. The zero-order valence-electron chi connectivity index (χ0n) is 6.94. The molecule has 0 amide bonds. The number of halogens is 3. The number of hydrogen-bond donors (Lipinski definition) is 0. The van der Waals surface area contributed by atoms with E-state index >= 15 is 0 Å². The van der Waals surface area contributed by atoms with Crippen molar-refractivity contribution in [2.24, 2.45) is 0 Å². The number of ketones is 1. The molecule has 1 aromatic rings. The second kappa shape index (κ2) is 3.31. The van der Waals surface area contributed by atoms with Crippen LogP contribution >= 0.6 is 15.9 Å². The minimum absolute atomic E-state index is 0.00181. The Hall–Kier alpha value is -0.970. The van der Waals surface area contributed by atoms with Crippen molar-refractivity contribution in [3.8, 4) is 5.75 Å². The summed E-state index contributed by atoms with van der Waals surface area (Å²) in [6.07, 6.45) is 0.127. The number of Topliss-reactive ketones (excluding diaryl/α,β-unsaturated/α-hetero) is 1. The first-order valence-electron chi connectivity index (χ1n) is 3.94. The molecule has 0 bridgehead atoms. The molecule has 0 radical (unpaired) electrons. The Labute approximate surface area is 87.0 Å². The van der Waals surface area contributed by atoms with Crippen molar-refractivity contribution in [3.05, 3.63) is 27.7 Å². The molecule has 5 heteroatoms. The van der Waals surface area contributed by atoms with Gasteiger partial charge in [-0.25, -0.2) is 8.78 Å². The highest BCUT2D eigenvalue weighted by Gasteiger charge is 2.27. The predicted molar refractivity (Wildman–Crippen MR) is 48.5 cm³/mol. The standard InChI is InChI=1S/C9H5BrF2O2/c10-8-5(12)3-4(11)7-6(13)1-2-14-9(7)8/h3H,1-2H2. The fourth-order valence-electron chi connectivity index (χ4n) is 1.34. The van der Waals surface area contributed by atoms with E-state index in [1.165, 1.54) is 0 Å². The minimum Gasteiger partial charge on any atom is -0.491 e. The largest absolute Gasteiger partial charge is 0.491 e. The molecule has 0 unspecified atom stereocenters. The van der Waals surface area contributed by atoms with Crippen LogP contribution in [0.1, 0.15) is 16.8 Å². The third kappa shape index (κ3) is 1.32. The van der Waals surface area contributed by atoms with Gasteiger partial charge in [-0.05, 0) is 15.9 Å². The van der Waals surface area contributed by atoms with Gasteiger partial charge in [-0.15, -0.1) is 0 Å². The first kappa shape index (κ1) is 9.58. The summed E-state index contributed by atoms with van der Waals surface area (Å²) in [4.78, 5) is 11.3. The van der Waals surface area contributed by atoms with E-state index in [0.717, 1.165) is 0 Å². The molecule has 0 fully saturated rings. The van der Waals surface area contributed by atoms with Crippen LogP contribution < -0.4 is 4.74 Å². The van der Waals surface area contributed by atoms with Gasteiger partial charge in [0.05, 0.1) is 16.6 Å². The van der Waals surface area contributed by atoms with Crippen molar-refractivity contribution < 1.29 is 18.3 Å². The van der Waals surface area contributed by atoms with Crippen molar-refractivity contribution >= 4 is 21.7 Å². The van der Waals surface area contributed by atoms with E-state index in [0.29, 0.717) is 6.07 Å². The van der Waals surface area contributed by atoms with Gasteiger partial charge in [0.15, 0.2) is 5.78 Å². The zero-order valence-corrected chi connectivity index (χ0v) is 8.53. The molecule has 1 aliphatic heterocycles. The molecule has 0 N–H and O–H groups in total. The Bertz CT molecular complexity index is 418. The normalized spacial score (nSPS) is 14.9. The molecule has 0 saturated heterocycles. The molecule has 2 nitrogen and oxygen atoms in total. The maximum absolute atomic E-state index is 13.2. The van der Waals surface area contributed by atoms with Crippen molar-refractivity contribution in [1.82, 2.24) is 0 Å². The summed E-state index contributed by atoms with van der Waals surface area (Å²) in [5, 5.41) is 0. The number of carbonyl (C=O) groups excluding carboxylic acids is 1. The second-order valence-electron chi connectivity index (χ2n) is 2.88. The maximum Gasteiger partial charge on any atom is 0.173 e. The molecule has 0 aromatic heterocycles. The molecule has 0 spiro atoms. The van der Waals surface area contributed by atoms with Crippen LogP contribution in [-0.4, -0.2) is 12.4 Å². The lowest BCUT2D eigenvalue weighted by Gasteiger charge is -2.18. The first-order valence-corrected chi connectivity index (χ1v) is 4.74. The SMILES string of the molecule is O=C1CCOc2c(Br)c(F)cc(F)c21. The minimum atomic E-state index is -0.870. The third-order valence-electron chi connectivity index (χ3n) is 1.98. The van der Waals surface area contributed by atoms with Gasteiger partial charge in [0, 0.05) is 12.5 Å². The summed E-state index contributed by atoms with van der Waals surface area (Å²) >= 11 is 2.91. The van der Waals surface area contributed by atoms with E-state index in [1.807, 2.05) is 0 Å². The molecule has 0 aliphatic carbocycles. The molecule has 0 saturated carbocycles. The number of fused-ring (bicyclic) bond motifs is 1. The van der Waals surface area contributed by atoms with Gasteiger partial charge >= 0.3 is 0 Å². The fourth-order valence-corrected chi connectivity index (χ4v) is 1.77. The summed E-state index contributed by atoms with van der Waals surface area (Å²) in [6, 6.07) is 0.676. The van der Waals surface area contributed by atoms with Crippen molar-refractivity contribution in [1.29, 1.82) is 0 Å². The van der Waals surface area contributed by atoms with Gasteiger partial charge in [-0.1, -0.05) is 0 Å². The smallest absolute Gasteiger partial charge is 0.173 e. The molecular weight excluding hydrogens is 258 g/mol. The van der Waals surface area contributed by atoms with Crippen LogP contribution in [0.15, 0.2) is 10.5 Å². The summed E-state index contributed by atoms with van der Waals surface area (Å²) in [5.41, 5.74) is -0.162. The predicted octanol–water partition coefficient (Wildman–Crippen LogP) is 2.69. The van der Waals surface area contributed by atoms with Gasteiger partial charge < -0.3 is 4.74 Å². The number of carbonyl (C=O) groups is 1. The summed E-state index contributed by atoms with van der Waals surface area (Å²) in [7, 11) is 0. The highest BCUT2D eigenvalue weighted by molar-refractivity contribution is 9.10. The Morgan fingerprint density at radius 2 is 2.07 bits per heavy atom. The maximum atomic E-state index is 13.2.